The first-order chi connectivity index (χ1) is 9.63. The van der Waals surface area contributed by atoms with E-state index < -0.39 is 0 Å². The molecule has 1 heterocycles. The lowest BCUT2D eigenvalue weighted by Crippen LogP contribution is -2.32. The first-order valence-corrected chi connectivity index (χ1v) is 7.41. The van der Waals surface area contributed by atoms with Crippen LogP contribution in [0.5, 0.6) is 0 Å². The van der Waals surface area contributed by atoms with E-state index in [0.717, 1.165) is 15.7 Å². The minimum atomic E-state index is -0.262. The first-order valence-electron chi connectivity index (χ1n) is 6.24. The molecular weight excluding hydrogens is 340 g/mol. The third-order valence-corrected chi connectivity index (χ3v) is 4.10. The van der Waals surface area contributed by atoms with E-state index in [1.807, 2.05) is 30.3 Å². The molecule has 2 N–H and O–H groups in total. The molecule has 0 bridgehead atoms. The van der Waals surface area contributed by atoms with Gasteiger partial charge in [-0.1, -0.05) is 45.7 Å². The summed E-state index contributed by atoms with van der Waals surface area (Å²) in [6.07, 6.45) is 0.688. The van der Waals surface area contributed by atoms with Crippen molar-refractivity contribution in [2.45, 2.75) is 12.5 Å². The number of hydrogen-bond donors (Lipinski definition) is 2. The molecule has 1 aliphatic heterocycles. The van der Waals surface area contributed by atoms with Gasteiger partial charge in [0.1, 0.15) is 6.04 Å². The standard InChI is InChI=1S/C15H12BrClN2O/c16-10-5-6-11(17)13(8-10)19-15(20)14-7-9-3-1-2-4-12(9)18-14/h1-6,8,14,18H,7H2,(H,19,20). The van der Waals surface area contributed by atoms with Crippen LogP contribution in [0, 0.1) is 0 Å². The van der Waals surface area contributed by atoms with Gasteiger partial charge in [0, 0.05) is 16.6 Å². The largest absolute Gasteiger partial charge is 0.373 e. The Balaban J connectivity index is 1.74. The first kappa shape index (κ1) is 13.5. The summed E-state index contributed by atoms with van der Waals surface area (Å²) in [4.78, 5) is 12.3. The average Bonchev–Trinajstić information content (AvgIpc) is 2.87. The smallest absolute Gasteiger partial charge is 0.247 e. The van der Waals surface area contributed by atoms with Gasteiger partial charge in [0.2, 0.25) is 5.91 Å². The predicted octanol–water partition coefficient (Wildman–Crippen LogP) is 4.08. The number of carbonyl (C=O) groups is 1. The molecule has 1 amide bonds. The number of nitrogens with one attached hydrogen (secondary N) is 2. The van der Waals surface area contributed by atoms with Crippen molar-refractivity contribution in [3.05, 3.63) is 57.5 Å². The maximum Gasteiger partial charge on any atom is 0.247 e. The summed E-state index contributed by atoms with van der Waals surface area (Å²) in [6.45, 7) is 0. The molecule has 0 spiro atoms. The average molecular weight is 352 g/mol. The van der Waals surface area contributed by atoms with E-state index in [1.165, 1.54) is 0 Å². The van der Waals surface area contributed by atoms with Crippen LogP contribution in [-0.2, 0) is 11.2 Å². The van der Waals surface area contributed by atoms with Crippen molar-refractivity contribution < 1.29 is 4.79 Å². The Morgan fingerprint density at radius 1 is 1.30 bits per heavy atom. The van der Waals surface area contributed by atoms with Crippen LogP contribution >= 0.6 is 27.5 Å². The fourth-order valence-corrected chi connectivity index (χ4v) is 2.80. The van der Waals surface area contributed by atoms with E-state index in [0.29, 0.717) is 17.1 Å². The van der Waals surface area contributed by atoms with Crippen LogP contribution in [-0.4, -0.2) is 11.9 Å². The van der Waals surface area contributed by atoms with E-state index in [2.05, 4.69) is 26.6 Å². The van der Waals surface area contributed by atoms with Crippen molar-refractivity contribution in [1.82, 2.24) is 0 Å². The number of anilines is 2. The molecule has 1 unspecified atom stereocenters. The number of rotatable bonds is 2. The maximum absolute atomic E-state index is 12.3. The van der Waals surface area contributed by atoms with Gasteiger partial charge in [0.15, 0.2) is 0 Å². The molecule has 0 radical (unpaired) electrons. The van der Waals surface area contributed by atoms with E-state index in [4.69, 9.17) is 11.6 Å². The maximum atomic E-state index is 12.3. The predicted molar refractivity (Wildman–Crippen MR) is 85.3 cm³/mol. The molecule has 0 fully saturated rings. The molecule has 0 aliphatic carbocycles. The summed E-state index contributed by atoms with van der Waals surface area (Å²) in [5, 5.41) is 6.61. The van der Waals surface area contributed by atoms with Crippen molar-refractivity contribution in [2.75, 3.05) is 10.6 Å². The van der Waals surface area contributed by atoms with Crippen LogP contribution < -0.4 is 10.6 Å². The second-order valence-electron chi connectivity index (χ2n) is 4.67. The second-order valence-corrected chi connectivity index (χ2v) is 5.99. The Hall–Kier alpha value is -1.52. The summed E-state index contributed by atoms with van der Waals surface area (Å²) in [5.74, 6) is -0.0822. The highest BCUT2D eigenvalue weighted by atomic mass is 79.9. The van der Waals surface area contributed by atoms with Gasteiger partial charge in [0.25, 0.3) is 0 Å². The molecule has 3 nitrogen and oxygen atoms in total. The van der Waals surface area contributed by atoms with Gasteiger partial charge in [-0.3, -0.25) is 4.79 Å². The summed E-state index contributed by atoms with van der Waals surface area (Å²) in [5.41, 5.74) is 2.80. The van der Waals surface area contributed by atoms with E-state index in [9.17, 15) is 4.79 Å². The number of carbonyl (C=O) groups excluding carboxylic acids is 1. The molecule has 2 aromatic rings. The molecule has 1 aliphatic rings. The lowest BCUT2D eigenvalue weighted by molar-refractivity contribution is -0.116. The van der Waals surface area contributed by atoms with Gasteiger partial charge in [-0.15, -0.1) is 0 Å². The number of halogens is 2. The zero-order valence-electron chi connectivity index (χ0n) is 10.5. The highest BCUT2D eigenvalue weighted by Gasteiger charge is 2.26. The molecule has 0 saturated heterocycles. The minimum absolute atomic E-state index is 0.0822. The topological polar surface area (TPSA) is 41.1 Å². The highest BCUT2D eigenvalue weighted by Crippen LogP contribution is 2.28. The molecule has 5 heteroatoms. The summed E-state index contributed by atoms with van der Waals surface area (Å²) >= 11 is 9.45. The summed E-state index contributed by atoms with van der Waals surface area (Å²) in [6, 6.07) is 13.1. The number of benzene rings is 2. The fourth-order valence-electron chi connectivity index (χ4n) is 2.27. The second kappa shape index (κ2) is 5.46. The normalized spacial score (nSPS) is 16.4. The molecule has 102 valence electrons. The fraction of sp³-hybridized carbons (Fsp3) is 0.133. The van der Waals surface area contributed by atoms with Crippen LogP contribution in [0.1, 0.15) is 5.56 Å². The third kappa shape index (κ3) is 2.67. The number of hydrogen-bond acceptors (Lipinski definition) is 2. The number of fused-ring (bicyclic) bond motifs is 1. The number of amides is 1. The Kier molecular flexibility index (Phi) is 3.68. The van der Waals surface area contributed by atoms with Gasteiger partial charge in [0.05, 0.1) is 10.7 Å². The zero-order chi connectivity index (χ0) is 14.1. The molecule has 1 atom stereocenters. The molecule has 3 rings (SSSR count). The molecule has 0 aromatic heterocycles. The van der Waals surface area contributed by atoms with Crippen LogP contribution in [0.4, 0.5) is 11.4 Å². The van der Waals surface area contributed by atoms with Gasteiger partial charge in [-0.2, -0.15) is 0 Å². The van der Waals surface area contributed by atoms with Crippen molar-refractivity contribution in [3.8, 4) is 0 Å². The van der Waals surface area contributed by atoms with E-state index >= 15 is 0 Å². The summed E-state index contributed by atoms with van der Waals surface area (Å²) in [7, 11) is 0. The SMILES string of the molecule is O=C(Nc1cc(Br)ccc1Cl)C1Cc2ccccc2N1. The monoisotopic (exact) mass is 350 g/mol. The molecular formula is C15H12BrClN2O. The lowest BCUT2D eigenvalue weighted by Gasteiger charge is -2.13. The third-order valence-electron chi connectivity index (χ3n) is 3.27. The van der Waals surface area contributed by atoms with Crippen LogP contribution in [0.3, 0.4) is 0 Å². The summed E-state index contributed by atoms with van der Waals surface area (Å²) < 4.78 is 0.875. The van der Waals surface area contributed by atoms with Crippen molar-refractivity contribution in [2.24, 2.45) is 0 Å². The van der Waals surface area contributed by atoms with Crippen molar-refractivity contribution >= 4 is 44.8 Å². The minimum Gasteiger partial charge on any atom is -0.373 e. The van der Waals surface area contributed by atoms with E-state index in [1.54, 1.807) is 12.1 Å². The van der Waals surface area contributed by atoms with Gasteiger partial charge < -0.3 is 10.6 Å². The Labute approximate surface area is 130 Å². The highest BCUT2D eigenvalue weighted by molar-refractivity contribution is 9.10. The lowest BCUT2D eigenvalue weighted by atomic mass is 10.1. The van der Waals surface area contributed by atoms with E-state index in [-0.39, 0.29) is 11.9 Å². The molecule has 2 aromatic carbocycles. The Bertz CT molecular complexity index is 650. The van der Waals surface area contributed by atoms with Crippen LogP contribution in [0.15, 0.2) is 46.9 Å². The quantitative estimate of drug-likeness (QED) is 0.856. The number of para-hydroxylation sites is 1. The van der Waals surface area contributed by atoms with Gasteiger partial charge in [-0.05, 0) is 29.8 Å². The Morgan fingerprint density at radius 2 is 2.10 bits per heavy atom. The zero-order valence-corrected chi connectivity index (χ0v) is 12.8. The van der Waals surface area contributed by atoms with Gasteiger partial charge in [-0.25, -0.2) is 0 Å². The Morgan fingerprint density at radius 3 is 2.90 bits per heavy atom. The van der Waals surface area contributed by atoms with Gasteiger partial charge >= 0.3 is 0 Å². The van der Waals surface area contributed by atoms with Crippen LogP contribution in [0.2, 0.25) is 5.02 Å². The van der Waals surface area contributed by atoms with Crippen molar-refractivity contribution in [3.63, 3.8) is 0 Å². The molecule has 0 saturated carbocycles. The molecule has 20 heavy (non-hydrogen) atoms. The van der Waals surface area contributed by atoms with Crippen molar-refractivity contribution in [1.29, 1.82) is 0 Å². The van der Waals surface area contributed by atoms with Crippen LogP contribution in [0.25, 0.3) is 0 Å².